The van der Waals surface area contributed by atoms with E-state index in [1.807, 2.05) is 18.5 Å². The van der Waals surface area contributed by atoms with Crippen LogP contribution in [0.15, 0.2) is 18.5 Å². The average molecular weight is 264 g/mol. The van der Waals surface area contributed by atoms with Crippen molar-refractivity contribution in [2.45, 2.75) is 19.5 Å². The van der Waals surface area contributed by atoms with E-state index in [4.69, 9.17) is 11.6 Å². The van der Waals surface area contributed by atoms with Crippen molar-refractivity contribution in [2.24, 2.45) is 0 Å². The van der Waals surface area contributed by atoms with E-state index >= 15 is 0 Å². The number of hydrogen-bond donors (Lipinski definition) is 3. The molecule has 0 spiro atoms. The van der Waals surface area contributed by atoms with Crippen LogP contribution in [0.3, 0.4) is 0 Å². The third-order valence-electron chi connectivity index (χ3n) is 3.03. The molecule has 0 unspecified atom stereocenters. The van der Waals surface area contributed by atoms with Crippen molar-refractivity contribution in [2.75, 3.05) is 11.9 Å². The second kappa shape index (κ2) is 4.96. The Balaban J connectivity index is 1.84. The summed E-state index contributed by atoms with van der Waals surface area (Å²) in [5, 5.41) is 6.96. The molecule has 5 nitrogen and oxygen atoms in total. The van der Waals surface area contributed by atoms with E-state index in [9.17, 15) is 0 Å². The van der Waals surface area contributed by atoms with Crippen molar-refractivity contribution in [3.63, 3.8) is 0 Å². The van der Waals surface area contributed by atoms with E-state index in [2.05, 4.69) is 25.6 Å². The Morgan fingerprint density at radius 2 is 2.33 bits per heavy atom. The number of H-pyrrole nitrogens is 1. The van der Waals surface area contributed by atoms with Gasteiger partial charge in [-0.3, -0.25) is 0 Å². The van der Waals surface area contributed by atoms with Crippen LogP contribution in [-0.4, -0.2) is 21.5 Å². The molecule has 3 N–H and O–H groups in total. The van der Waals surface area contributed by atoms with Crippen molar-refractivity contribution in [3.8, 4) is 0 Å². The normalized spacial score (nSPS) is 14.3. The zero-order valence-corrected chi connectivity index (χ0v) is 10.6. The Morgan fingerprint density at radius 1 is 1.39 bits per heavy atom. The third-order valence-corrected chi connectivity index (χ3v) is 3.20. The zero-order chi connectivity index (χ0) is 12.4. The van der Waals surface area contributed by atoms with Crippen LogP contribution in [-0.2, 0) is 19.5 Å². The van der Waals surface area contributed by atoms with E-state index < -0.39 is 0 Å². The van der Waals surface area contributed by atoms with Gasteiger partial charge in [0.25, 0.3) is 0 Å². The first-order valence-electron chi connectivity index (χ1n) is 5.94. The number of nitrogens with one attached hydrogen (secondary N) is 3. The molecule has 3 rings (SSSR count). The van der Waals surface area contributed by atoms with Gasteiger partial charge in [0, 0.05) is 44.0 Å². The molecule has 0 saturated heterocycles. The monoisotopic (exact) mass is 263 g/mol. The van der Waals surface area contributed by atoms with Gasteiger partial charge < -0.3 is 15.6 Å². The quantitative estimate of drug-likeness (QED) is 0.738. The molecule has 1 aliphatic heterocycles. The molecule has 0 aromatic carbocycles. The van der Waals surface area contributed by atoms with Gasteiger partial charge >= 0.3 is 0 Å². The van der Waals surface area contributed by atoms with Crippen LogP contribution in [0.4, 0.5) is 5.82 Å². The third kappa shape index (κ3) is 2.32. The fraction of sp³-hybridized carbons (Fsp3) is 0.333. The largest absolute Gasteiger partial charge is 0.367 e. The van der Waals surface area contributed by atoms with Crippen molar-refractivity contribution in [1.29, 1.82) is 0 Å². The first-order valence-corrected chi connectivity index (χ1v) is 6.32. The van der Waals surface area contributed by atoms with Crippen LogP contribution in [0.1, 0.15) is 16.8 Å². The number of nitrogens with zero attached hydrogens (tertiary/aromatic N) is 2. The molecule has 1 aliphatic rings. The molecule has 2 aromatic heterocycles. The molecule has 0 bridgehead atoms. The van der Waals surface area contributed by atoms with E-state index in [1.54, 1.807) is 0 Å². The van der Waals surface area contributed by atoms with Gasteiger partial charge in [-0.25, -0.2) is 9.97 Å². The number of rotatable bonds is 3. The van der Waals surface area contributed by atoms with Crippen LogP contribution >= 0.6 is 11.6 Å². The van der Waals surface area contributed by atoms with Gasteiger partial charge in [0.2, 0.25) is 5.28 Å². The SMILES string of the molecule is Clc1nc2c(c(NCc3cc[nH]c3)n1)CNCC2. The highest BCUT2D eigenvalue weighted by molar-refractivity contribution is 6.28. The highest BCUT2D eigenvalue weighted by Crippen LogP contribution is 2.22. The lowest BCUT2D eigenvalue weighted by Gasteiger charge is -2.19. The highest BCUT2D eigenvalue weighted by Gasteiger charge is 2.16. The van der Waals surface area contributed by atoms with E-state index in [-0.39, 0.29) is 0 Å². The number of anilines is 1. The Kier molecular flexibility index (Phi) is 3.17. The minimum atomic E-state index is 0.312. The highest BCUT2D eigenvalue weighted by atomic mass is 35.5. The number of fused-ring (bicyclic) bond motifs is 1. The molecular formula is C12H14ClN5. The summed E-state index contributed by atoms with van der Waals surface area (Å²) < 4.78 is 0. The van der Waals surface area contributed by atoms with Gasteiger partial charge in [0.1, 0.15) is 5.82 Å². The Labute approximate surface area is 110 Å². The lowest BCUT2D eigenvalue weighted by Crippen LogP contribution is -2.26. The summed E-state index contributed by atoms with van der Waals surface area (Å²) >= 11 is 5.95. The van der Waals surface area contributed by atoms with Gasteiger partial charge in [0.15, 0.2) is 0 Å². The molecule has 2 aromatic rings. The lowest BCUT2D eigenvalue weighted by atomic mass is 10.1. The van der Waals surface area contributed by atoms with Gasteiger partial charge in [-0.05, 0) is 23.2 Å². The predicted octanol–water partition coefficient (Wildman–Crippen LogP) is 1.72. The molecule has 6 heteroatoms. The van der Waals surface area contributed by atoms with Gasteiger partial charge in [-0.15, -0.1) is 0 Å². The summed E-state index contributed by atoms with van der Waals surface area (Å²) in [5.74, 6) is 0.832. The number of hydrogen-bond acceptors (Lipinski definition) is 4. The van der Waals surface area contributed by atoms with Crippen molar-refractivity contribution in [1.82, 2.24) is 20.3 Å². The standard InChI is InChI=1S/C12H14ClN5/c13-12-17-10-2-4-15-7-9(10)11(18-12)16-6-8-1-3-14-5-8/h1,3,5,14-15H,2,4,6-7H2,(H,16,17,18). The Bertz CT molecular complexity index is 538. The second-order valence-corrected chi connectivity index (χ2v) is 4.60. The minimum absolute atomic E-state index is 0.312. The van der Waals surface area contributed by atoms with Crippen molar-refractivity contribution < 1.29 is 0 Å². The summed E-state index contributed by atoms with van der Waals surface area (Å²) in [6.07, 6.45) is 4.76. The molecule has 0 atom stereocenters. The lowest BCUT2D eigenvalue weighted by molar-refractivity contribution is 0.627. The molecule has 94 valence electrons. The van der Waals surface area contributed by atoms with Crippen LogP contribution in [0.2, 0.25) is 5.28 Å². The first-order chi connectivity index (χ1) is 8.83. The smallest absolute Gasteiger partial charge is 0.224 e. The maximum atomic E-state index is 5.95. The van der Waals surface area contributed by atoms with Crippen LogP contribution in [0.5, 0.6) is 0 Å². The number of aromatic amines is 1. The predicted molar refractivity (Wildman–Crippen MR) is 70.6 cm³/mol. The average Bonchev–Trinajstić information content (AvgIpc) is 2.89. The summed E-state index contributed by atoms with van der Waals surface area (Å²) in [4.78, 5) is 11.6. The van der Waals surface area contributed by atoms with E-state index in [0.29, 0.717) is 5.28 Å². The minimum Gasteiger partial charge on any atom is -0.367 e. The fourth-order valence-corrected chi connectivity index (χ4v) is 2.30. The maximum absolute atomic E-state index is 5.95. The van der Waals surface area contributed by atoms with Crippen molar-refractivity contribution >= 4 is 17.4 Å². The fourth-order valence-electron chi connectivity index (χ4n) is 2.11. The van der Waals surface area contributed by atoms with Crippen LogP contribution < -0.4 is 10.6 Å². The maximum Gasteiger partial charge on any atom is 0.224 e. The Hall–Kier alpha value is -1.59. The van der Waals surface area contributed by atoms with Gasteiger partial charge in [0.05, 0.1) is 5.69 Å². The zero-order valence-electron chi connectivity index (χ0n) is 9.83. The molecular weight excluding hydrogens is 250 g/mol. The number of halogens is 1. The summed E-state index contributed by atoms with van der Waals surface area (Å²) in [6.45, 7) is 2.46. The topological polar surface area (TPSA) is 65.6 Å². The molecule has 0 amide bonds. The molecule has 0 fully saturated rings. The summed E-state index contributed by atoms with van der Waals surface area (Å²) in [6, 6.07) is 2.03. The van der Waals surface area contributed by atoms with Crippen LogP contribution in [0, 0.1) is 0 Å². The number of aromatic nitrogens is 3. The van der Waals surface area contributed by atoms with Crippen LogP contribution in [0.25, 0.3) is 0 Å². The second-order valence-electron chi connectivity index (χ2n) is 4.27. The molecule has 18 heavy (non-hydrogen) atoms. The summed E-state index contributed by atoms with van der Waals surface area (Å²) in [5.41, 5.74) is 3.36. The van der Waals surface area contributed by atoms with Gasteiger partial charge in [-0.2, -0.15) is 0 Å². The Morgan fingerprint density at radius 3 is 3.17 bits per heavy atom. The van der Waals surface area contributed by atoms with E-state index in [1.165, 1.54) is 5.56 Å². The first kappa shape index (κ1) is 11.5. The molecule has 3 heterocycles. The molecule has 0 aliphatic carbocycles. The molecule has 0 saturated carbocycles. The van der Waals surface area contributed by atoms with Crippen molar-refractivity contribution in [3.05, 3.63) is 40.6 Å². The summed E-state index contributed by atoms with van der Waals surface area (Å²) in [7, 11) is 0. The van der Waals surface area contributed by atoms with Gasteiger partial charge in [-0.1, -0.05) is 0 Å². The molecule has 0 radical (unpaired) electrons. The van der Waals surface area contributed by atoms with E-state index in [0.717, 1.165) is 43.1 Å².